The molecule has 0 unspecified atom stereocenters. The van der Waals surface area contributed by atoms with Crippen molar-refractivity contribution in [2.45, 2.75) is 52.4 Å². The van der Waals surface area contributed by atoms with Gasteiger partial charge in [0.15, 0.2) is 0 Å². The van der Waals surface area contributed by atoms with Crippen molar-refractivity contribution >= 4 is 5.78 Å². The Kier molecular flexibility index (Phi) is 10.5. The molecule has 0 amide bonds. The Morgan fingerprint density at radius 3 is 2.62 bits per heavy atom. The molecule has 0 aromatic carbocycles. The maximum atomic E-state index is 10.7. The standard InChI is InChI=1S/C15H20O/c1-3-4-5-6-7-8-9-10-11-12-13-14-15(2)16/h8-9H,7,10-14H2,1-2H3. The fourth-order valence-electron chi connectivity index (χ4n) is 1.23. The van der Waals surface area contributed by atoms with Gasteiger partial charge in [-0.05, 0) is 45.0 Å². The van der Waals surface area contributed by atoms with E-state index in [4.69, 9.17) is 0 Å². The van der Waals surface area contributed by atoms with E-state index in [0.29, 0.717) is 5.78 Å². The summed E-state index contributed by atoms with van der Waals surface area (Å²) in [4.78, 5) is 10.7. The Hall–Kier alpha value is -1.47. The van der Waals surface area contributed by atoms with E-state index < -0.39 is 0 Å². The van der Waals surface area contributed by atoms with Crippen LogP contribution in [0.25, 0.3) is 0 Å². The monoisotopic (exact) mass is 216 g/mol. The molecule has 0 aromatic heterocycles. The number of hydrogen-bond donors (Lipinski definition) is 0. The molecule has 1 nitrogen and oxygen atoms in total. The number of hydrogen-bond acceptors (Lipinski definition) is 1. The maximum absolute atomic E-state index is 10.7. The lowest BCUT2D eigenvalue weighted by atomic mass is 10.1. The van der Waals surface area contributed by atoms with Gasteiger partial charge in [0.1, 0.15) is 5.78 Å². The highest BCUT2D eigenvalue weighted by Crippen LogP contribution is 2.04. The first-order chi connectivity index (χ1) is 7.77. The third-order valence-corrected chi connectivity index (χ3v) is 2.06. The van der Waals surface area contributed by atoms with Crippen LogP contribution in [0, 0.1) is 23.7 Å². The normalized spacial score (nSPS) is 9.12. The largest absolute Gasteiger partial charge is 0.300 e. The van der Waals surface area contributed by atoms with Crippen LogP contribution in [0.1, 0.15) is 52.4 Å². The Labute approximate surface area is 99.3 Å². The molecule has 0 saturated heterocycles. The molecule has 0 aromatic rings. The Balaban J connectivity index is 3.31. The maximum Gasteiger partial charge on any atom is 0.129 e. The van der Waals surface area contributed by atoms with Gasteiger partial charge in [0.05, 0.1) is 0 Å². The highest BCUT2D eigenvalue weighted by Gasteiger charge is 1.92. The molecule has 16 heavy (non-hydrogen) atoms. The van der Waals surface area contributed by atoms with Crippen molar-refractivity contribution in [3.63, 3.8) is 0 Å². The number of Topliss-reactive ketones (excluding diaryl/α,β-unsaturated/α-hetero) is 1. The van der Waals surface area contributed by atoms with Gasteiger partial charge in [-0.25, -0.2) is 0 Å². The molecule has 0 N–H and O–H groups in total. The number of carbonyl (C=O) groups excluding carboxylic acids is 1. The summed E-state index contributed by atoms with van der Waals surface area (Å²) < 4.78 is 0. The van der Waals surface area contributed by atoms with Crippen LogP contribution in [0.15, 0.2) is 12.2 Å². The zero-order valence-electron chi connectivity index (χ0n) is 10.3. The van der Waals surface area contributed by atoms with Crippen molar-refractivity contribution in [3.05, 3.63) is 12.2 Å². The lowest BCUT2D eigenvalue weighted by Gasteiger charge is -1.95. The van der Waals surface area contributed by atoms with Gasteiger partial charge in [0, 0.05) is 12.8 Å². The smallest absolute Gasteiger partial charge is 0.129 e. The average molecular weight is 216 g/mol. The van der Waals surface area contributed by atoms with Crippen LogP contribution < -0.4 is 0 Å². The van der Waals surface area contributed by atoms with E-state index in [1.807, 2.05) is 0 Å². The van der Waals surface area contributed by atoms with E-state index in [9.17, 15) is 4.79 Å². The summed E-state index contributed by atoms with van der Waals surface area (Å²) in [6.07, 6.45) is 10.1. The number of unbranched alkanes of at least 4 members (excludes halogenated alkanes) is 3. The minimum Gasteiger partial charge on any atom is -0.300 e. The van der Waals surface area contributed by atoms with Crippen molar-refractivity contribution in [1.82, 2.24) is 0 Å². The molecule has 0 aliphatic carbocycles. The van der Waals surface area contributed by atoms with Crippen LogP contribution in [0.5, 0.6) is 0 Å². The van der Waals surface area contributed by atoms with Crippen LogP contribution in [0.4, 0.5) is 0 Å². The summed E-state index contributed by atoms with van der Waals surface area (Å²) in [7, 11) is 0. The van der Waals surface area contributed by atoms with Gasteiger partial charge in [-0.2, -0.15) is 0 Å². The second-order valence-electron chi connectivity index (χ2n) is 3.65. The van der Waals surface area contributed by atoms with E-state index in [1.165, 1.54) is 0 Å². The number of allylic oxidation sites excluding steroid dienone is 2. The minimum absolute atomic E-state index is 0.294. The third kappa shape index (κ3) is 12.5. The molecule has 0 spiro atoms. The highest BCUT2D eigenvalue weighted by atomic mass is 16.1. The van der Waals surface area contributed by atoms with Crippen molar-refractivity contribution < 1.29 is 4.79 Å². The van der Waals surface area contributed by atoms with E-state index in [2.05, 4.69) is 35.8 Å². The summed E-state index contributed by atoms with van der Waals surface area (Å²) >= 11 is 0. The van der Waals surface area contributed by atoms with Gasteiger partial charge in [-0.15, -0.1) is 0 Å². The van der Waals surface area contributed by atoms with Crippen LogP contribution in [0.2, 0.25) is 0 Å². The molecular weight excluding hydrogens is 196 g/mol. The summed E-state index contributed by atoms with van der Waals surface area (Å²) in [5, 5.41) is 0. The lowest BCUT2D eigenvalue weighted by Crippen LogP contribution is -1.88. The molecular formula is C15H20O. The summed E-state index contributed by atoms with van der Waals surface area (Å²) in [5.41, 5.74) is 0. The zero-order chi connectivity index (χ0) is 12.1. The van der Waals surface area contributed by atoms with E-state index in [1.54, 1.807) is 13.8 Å². The topological polar surface area (TPSA) is 17.1 Å². The van der Waals surface area contributed by atoms with Gasteiger partial charge in [0.25, 0.3) is 0 Å². The van der Waals surface area contributed by atoms with Crippen molar-refractivity contribution in [2.75, 3.05) is 0 Å². The van der Waals surface area contributed by atoms with Crippen LogP contribution in [0.3, 0.4) is 0 Å². The van der Waals surface area contributed by atoms with Crippen molar-refractivity contribution in [3.8, 4) is 23.7 Å². The molecule has 0 rings (SSSR count). The Morgan fingerprint density at radius 2 is 1.94 bits per heavy atom. The molecule has 0 atom stereocenters. The van der Waals surface area contributed by atoms with E-state index in [-0.39, 0.29) is 0 Å². The molecule has 1 heteroatoms. The molecule has 0 aliphatic heterocycles. The first kappa shape index (κ1) is 14.5. The molecule has 86 valence electrons. The first-order valence-electron chi connectivity index (χ1n) is 5.81. The molecule has 0 bridgehead atoms. The third-order valence-electron chi connectivity index (χ3n) is 2.06. The second kappa shape index (κ2) is 11.6. The molecule has 0 fully saturated rings. The minimum atomic E-state index is 0.294. The summed E-state index contributed by atoms with van der Waals surface area (Å²) in [6.45, 7) is 3.43. The van der Waals surface area contributed by atoms with Crippen molar-refractivity contribution in [2.24, 2.45) is 0 Å². The number of ketones is 1. The highest BCUT2D eigenvalue weighted by molar-refractivity contribution is 5.75. The van der Waals surface area contributed by atoms with Crippen LogP contribution in [-0.4, -0.2) is 5.78 Å². The van der Waals surface area contributed by atoms with Crippen molar-refractivity contribution in [1.29, 1.82) is 0 Å². The Bertz CT molecular complexity index is 328. The van der Waals surface area contributed by atoms with E-state index in [0.717, 1.165) is 38.5 Å². The quantitative estimate of drug-likeness (QED) is 0.361. The number of carbonyl (C=O) groups is 1. The molecule has 0 saturated carbocycles. The second-order valence-corrected chi connectivity index (χ2v) is 3.65. The van der Waals surface area contributed by atoms with Crippen LogP contribution >= 0.6 is 0 Å². The first-order valence-corrected chi connectivity index (χ1v) is 5.81. The molecule has 0 radical (unpaired) electrons. The van der Waals surface area contributed by atoms with Gasteiger partial charge < -0.3 is 4.79 Å². The number of rotatable bonds is 7. The van der Waals surface area contributed by atoms with Gasteiger partial charge in [-0.1, -0.05) is 30.4 Å². The summed E-state index contributed by atoms with van der Waals surface area (Å²) in [5.74, 6) is 11.4. The van der Waals surface area contributed by atoms with Crippen LogP contribution in [-0.2, 0) is 4.79 Å². The fourth-order valence-corrected chi connectivity index (χ4v) is 1.23. The van der Waals surface area contributed by atoms with Gasteiger partial charge in [-0.3, -0.25) is 0 Å². The van der Waals surface area contributed by atoms with Gasteiger partial charge >= 0.3 is 0 Å². The van der Waals surface area contributed by atoms with Gasteiger partial charge in [0.2, 0.25) is 0 Å². The lowest BCUT2D eigenvalue weighted by molar-refractivity contribution is -0.117. The zero-order valence-corrected chi connectivity index (χ0v) is 10.3. The summed E-state index contributed by atoms with van der Waals surface area (Å²) in [6, 6.07) is 0. The molecule has 0 heterocycles. The predicted octanol–water partition coefficient (Wildman–Crippen LogP) is 3.50. The SMILES string of the molecule is CC#CC#CCC=CCCCCCC(C)=O. The fraction of sp³-hybridized carbons (Fsp3) is 0.533. The van der Waals surface area contributed by atoms with E-state index >= 15 is 0 Å². The molecule has 0 aliphatic rings. The predicted molar refractivity (Wildman–Crippen MR) is 68.7 cm³/mol. The Morgan fingerprint density at radius 1 is 1.12 bits per heavy atom. The average Bonchev–Trinajstić information content (AvgIpc) is 2.25.